The summed E-state index contributed by atoms with van der Waals surface area (Å²) in [6, 6.07) is 13.7. The van der Waals surface area contributed by atoms with Gasteiger partial charge in [0.2, 0.25) is 0 Å². The van der Waals surface area contributed by atoms with E-state index in [1.165, 1.54) is 6.07 Å². The molecule has 1 aromatic heterocycles. The van der Waals surface area contributed by atoms with Crippen molar-refractivity contribution in [3.8, 4) is 28.4 Å². The first-order chi connectivity index (χ1) is 10.5. The highest BCUT2D eigenvalue weighted by molar-refractivity contribution is 6.33. The molecule has 2 N–H and O–H groups in total. The van der Waals surface area contributed by atoms with Crippen molar-refractivity contribution in [1.82, 2.24) is 9.97 Å². The number of hydrogen-bond acceptors (Lipinski definition) is 3. The molecule has 0 spiro atoms. The van der Waals surface area contributed by atoms with Gasteiger partial charge in [0.15, 0.2) is 0 Å². The molecule has 0 radical (unpaired) electrons. The van der Waals surface area contributed by atoms with Gasteiger partial charge in [-0.1, -0.05) is 23.7 Å². The molecule has 0 bridgehead atoms. The van der Waals surface area contributed by atoms with Crippen molar-refractivity contribution in [3.63, 3.8) is 0 Å². The smallest absolute Gasteiger partial charge is 0.251 e. The quantitative estimate of drug-likeness (QED) is 0.757. The second kappa shape index (κ2) is 5.66. The van der Waals surface area contributed by atoms with Gasteiger partial charge in [0.25, 0.3) is 5.56 Å². The Hall–Kier alpha value is -2.59. The summed E-state index contributed by atoms with van der Waals surface area (Å²) >= 11 is 6.16. The zero-order valence-electron chi connectivity index (χ0n) is 11.8. The van der Waals surface area contributed by atoms with Gasteiger partial charge in [-0.2, -0.15) is 0 Å². The summed E-state index contributed by atoms with van der Waals surface area (Å²) in [6.07, 6.45) is 0. The molecular formula is C17H13ClN2O2. The highest BCUT2D eigenvalue weighted by atomic mass is 35.5. The Morgan fingerprint density at radius 3 is 2.64 bits per heavy atom. The van der Waals surface area contributed by atoms with E-state index in [1.807, 2.05) is 12.1 Å². The second-order valence-electron chi connectivity index (χ2n) is 4.96. The van der Waals surface area contributed by atoms with E-state index in [0.29, 0.717) is 22.1 Å². The molecule has 0 saturated carbocycles. The van der Waals surface area contributed by atoms with Crippen molar-refractivity contribution in [2.24, 2.45) is 0 Å². The van der Waals surface area contributed by atoms with Crippen LogP contribution in [0.3, 0.4) is 0 Å². The molecule has 5 heteroatoms. The molecule has 0 fully saturated rings. The molecule has 4 nitrogen and oxygen atoms in total. The summed E-state index contributed by atoms with van der Waals surface area (Å²) in [4.78, 5) is 19.1. The minimum Gasteiger partial charge on any atom is -0.508 e. The topological polar surface area (TPSA) is 66.0 Å². The molecular weight excluding hydrogens is 300 g/mol. The van der Waals surface area contributed by atoms with Crippen LogP contribution in [0.25, 0.3) is 22.6 Å². The van der Waals surface area contributed by atoms with Gasteiger partial charge in [-0.15, -0.1) is 0 Å². The number of benzene rings is 2. The summed E-state index contributed by atoms with van der Waals surface area (Å²) < 4.78 is 0. The van der Waals surface area contributed by atoms with E-state index >= 15 is 0 Å². The molecule has 0 aliphatic rings. The fraction of sp³-hybridized carbons (Fsp3) is 0.0588. The molecule has 110 valence electrons. The molecule has 22 heavy (non-hydrogen) atoms. The number of aromatic hydroxyl groups is 1. The van der Waals surface area contributed by atoms with E-state index in [2.05, 4.69) is 9.97 Å². The third kappa shape index (κ3) is 2.73. The summed E-state index contributed by atoms with van der Waals surface area (Å²) in [5.74, 6) is 0.624. The Morgan fingerprint density at radius 1 is 1.14 bits per heavy atom. The zero-order valence-corrected chi connectivity index (χ0v) is 12.6. The van der Waals surface area contributed by atoms with Crippen molar-refractivity contribution in [3.05, 3.63) is 69.5 Å². The predicted molar refractivity (Wildman–Crippen MR) is 87.1 cm³/mol. The van der Waals surface area contributed by atoms with Gasteiger partial charge in [-0.05, 0) is 42.8 Å². The lowest BCUT2D eigenvalue weighted by Crippen LogP contribution is -2.08. The van der Waals surface area contributed by atoms with E-state index in [1.54, 1.807) is 37.3 Å². The molecule has 0 saturated heterocycles. The fourth-order valence-corrected chi connectivity index (χ4v) is 2.43. The highest BCUT2D eigenvalue weighted by Crippen LogP contribution is 2.27. The van der Waals surface area contributed by atoms with Gasteiger partial charge >= 0.3 is 0 Å². The summed E-state index contributed by atoms with van der Waals surface area (Å²) in [5.41, 5.74) is 2.42. The van der Waals surface area contributed by atoms with Gasteiger partial charge in [0, 0.05) is 17.2 Å². The van der Waals surface area contributed by atoms with Crippen LogP contribution in [0.5, 0.6) is 5.75 Å². The third-order valence-corrected chi connectivity index (χ3v) is 3.69. The minimum atomic E-state index is -0.259. The number of hydrogen-bond donors (Lipinski definition) is 2. The lowest BCUT2D eigenvalue weighted by molar-refractivity contribution is 0.471. The first-order valence-corrected chi connectivity index (χ1v) is 7.08. The Labute approximate surface area is 132 Å². The van der Waals surface area contributed by atoms with E-state index in [0.717, 1.165) is 11.1 Å². The summed E-state index contributed by atoms with van der Waals surface area (Å²) in [6.45, 7) is 1.79. The summed E-state index contributed by atoms with van der Waals surface area (Å²) in [7, 11) is 0. The average molecular weight is 313 g/mol. The lowest BCUT2D eigenvalue weighted by atomic mass is 10.1. The number of rotatable bonds is 2. The number of H-pyrrole nitrogens is 1. The number of aryl methyl sites for hydroxylation is 1. The molecule has 3 aromatic rings. The van der Waals surface area contributed by atoms with Crippen LogP contribution in [-0.2, 0) is 0 Å². The molecule has 0 aliphatic heterocycles. The standard InChI is InChI=1S/C17H13ClN2O2/c1-10-8-11(6-7-15(10)21)14-9-16(22)20-17(19-14)12-4-2-3-5-13(12)18/h2-9,21H,1H3,(H,19,20,22). The molecule has 0 atom stereocenters. The molecule has 0 amide bonds. The highest BCUT2D eigenvalue weighted by Gasteiger charge is 2.09. The van der Waals surface area contributed by atoms with Crippen LogP contribution in [0.2, 0.25) is 5.02 Å². The Bertz CT molecular complexity index is 903. The van der Waals surface area contributed by atoms with E-state index in [4.69, 9.17) is 11.6 Å². The molecule has 2 aromatic carbocycles. The van der Waals surface area contributed by atoms with Gasteiger partial charge in [-0.3, -0.25) is 4.79 Å². The van der Waals surface area contributed by atoms with Crippen LogP contribution in [0.15, 0.2) is 53.3 Å². The molecule has 0 aliphatic carbocycles. The monoisotopic (exact) mass is 312 g/mol. The van der Waals surface area contributed by atoms with Crippen molar-refractivity contribution in [1.29, 1.82) is 0 Å². The second-order valence-corrected chi connectivity index (χ2v) is 5.37. The number of nitrogens with zero attached hydrogens (tertiary/aromatic N) is 1. The number of halogens is 1. The van der Waals surface area contributed by atoms with Crippen LogP contribution in [0.1, 0.15) is 5.56 Å². The van der Waals surface area contributed by atoms with Crippen LogP contribution in [0.4, 0.5) is 0 Å². The van der Waals surface area contributed by atoms with Gasteiger partial charge in [-0.25, -0.2) is 4.98 Å². The van der Waals surface area contributed by atoms with E-state index in [9.17, 15) is 9.90 Å². The Morgan fingerprint density at radius 2 is 1.91 bits per heavy atom. The zero-order chi connectivity index (χ0) is 15.7. The van der Waals surface area contributed by atoms with Crippen molar-refractivity contribution >= 4 is 11.6 Å². The van der Waals surface area contributed by atoms with Crippen LogP contribution >= 0.6 is 11.6 Å². The normalized spacial score (nSPS) is 10.6. The number of phenols is 1. The van der Waals surface area contributed by atoms with Crippen molar-refractivity contribution in [2.45, 2.75) is 6.92 Å². The maximum absolute atomic E-state index is 11.9. The maximum Gasteiger partial charge on any atom is 0.251 e. The Balaban J connectivity index is 2.17. The predicted octanol–water partition coefficient (Wildman–Crippen LogP) is 3.77. The van der Waals surface area contributed by atoms with Gasteiger partial charge in [0.1, 0.15) is 11.6 Å². The van der Waals surface area contributed by atoms with E-state index in [-0.39, 0.29) is 11.3 Å². The third-order valence-electron chi connectivity index (χ3n) is 3.36. The van der Waals surface area contributed by atoms with Crippen LogP contribution in [0, 0.1) is 6.92 Å². The van der Waals surface area contributed by atoms with Gasteiger partial charge in [0.05, 0.1) is 10.7 Å². The van der Waals surface area contributed by atoms with Gasteiger partial charge < -0.3 is 10.1 Å². The number of aromatic nitrogens is 2. The lowest BCUT2D eigenvalue weighted by Gasteiger charge is -2.07. The SMILES string of the molecule is Cc1cc(-c2cc(=O)[nH]c(-c3ccccc3Cl)n2)ccc1O. The van der Waals surface area contributed by atoms with Crippen LogP contribution in [-0.4, -0.2) is 15.1 Å². The largest absolute Gasteiger partial charge is 0.508 e. The van der Waals surface area contributed by atoms with Crippen molar-refractivity contribution < 1.29 is 5.11 Å². The average Bonchev–Trinajstić information content (AvgIpc) is 2.50. The summed E-state index contributed by atoms with van der Waals surface area (Å²) in [5, 5.41) is 10.1. The maximum atomic E-state index is 11.9. The first-order valence-electron chi connectivity index (χ1n) is 6.71. The number of phenolic OH excluding ortho intramolecular Hbond substituents is 1. The van der Waals surface area contributed by atoms with Crippen LogP contribution < -0.4 is 5.56 Å². The minimum absolute atomic E-state index is 0.208. The number of aromatic amines is 1. The molecule has 1 heterocycles. The first kappa shape index (κ1) is 14.4. The van der Waals surface area contributed by atoms with E-state index < -0.39 is 0 Å². The Kier molecular flexibility index (Phi) is 3.69. The molecule has 0 unspecified atom stereocenters. The fourth-order valence-electron chi connectivity index (χ4n) is 2.20. The molecule has 3 rings (SSSR count). The number of nitrogens with one attached hydrogen (secondary N) is 1. The van der Waals surface area contributed by atoms with Crippen molar-refractivity contribution in [2.75, 3.05) is 0 Å².